The molecule has 5 rings (SSSR count). The van der Waals surface area contributed by atoms with Gasteiger partial charge in [0.05, 0.1) is 28.3 Å². The van der Waals surface area contributed by atoms with E-state index in [0.29, 0.717) is 5.82 Å². The van der Waals surface area contributed by atoms with Gasteiger partial charge in [-0.1, -0.05) is 24.3 Å². The second kappa shape index (κ2) is 8.11. The Bertz CT molecular complexity index is 1310. The molecule has 0 bridgehead atoms. The van der Waals surface area contributed by atoms with Crippen LogP contribution in [0.3, 0.4) is 0 Å². The summed E-state index contributed by atoms with van der Waals surface area (Å²) in [6, 6.07) is 15.5. The lowest BCUT2D eigenvalue weighted by Gasteiger charge is -2.16. The summed E-state index contributed by atoms with van der Waals surface area (Å²) in [6.07, 6.45) is 3.14. The van der Waals surface area contributed by atoms with Crippen molar-refractivity contribution in [2.75, 3.05) is 0 Å². The maximum atomic E-state index is 12.9. The van der Waals surface area contributed by atoms with Crippen molar-refractivity contribution < 1.29 is 4.79 Å². The third-order valence-electron chi connectivity index (χ3n) is 5.07. The van der Waals surface area contributed by atoms with Gasteiger partial charge in [0.25, 0.3) is 0 Å². The zero-order chi connectivity index (χ0) is 21.2. The van der Waals surface area contributed by atoms with Gasteiger partial charge >= 0.3 is 0 Å². The molecule has 8 nitrogen and oxygen atoms in total. The molecule has 1 N–H and O–H groups in total. The van der Waals surface area contributed by atoms with Gasteiger partial charge in [-0.3, -0.25) is 4.79 Å². The molecule has 154 valence electrons. The largest absolute Gasteiger partial charge is 0.348 e. The number of benzene rings is 2. The molecule has 0 aliphatic heterocycles. The molecule has 0 saturated heterocycles. The lowest BCUT2D eigenvalue weighted by atomic mass is 10.1. The highest BCUT2D eigenvalue weighted by atomic mass is 32.1. The highest BCUT2D eigenvalue weighted by Crippen LogP contribution is 2.25. The first-order chi connectivity index (χ1) is 15.2. The van der Waals surface area contributed by atoms with Crippen LogP contribution in [-0.4, -0.2) is 35.2 Å². The Morgan fingerprint density at radius 3 is 2.74 bits per heavy atom. The third kappa shape index (κ3) is 3.82. The smallest absolute Gasteiger partial charge is 0.240 e. The number of hydrogen-bond acceptors (Lipinski definition) is 6. The van der Waals surface area contributed by atoms with Gasteiger partial charge in [0.15, 0.2) is 5.82 Å². The van der Waals surface area contributed by atoms with Gasteiger partial charge in [-0.15, -0.1) is 11.3 Å². The number of nitrogens with one attached hydrogen (secondary N) is 1. The summed E-state index contributed by atoms with van der Waals surface area (Å²) in [5.41, 5.74) is 6.21. The number of thiazole rings is 1. The molecule has 0 radical (unpaired) electrons. The van der Waals surface area contributed by atoms with Crippen LogP contribution in [0.2, 0.25) is 0 Å². The van der Waals surface area contributed by atoms with Gasteiger partial charge in [-0.2, -0.15) is 5.10 Å². The van der Waals surface area contributed by atoms with Gasteiger partial charge < -0.3 is 9.88 Å². The normalized spacial score (nSPS) is 12.2. The molecule has 0 aliphatic carbocycles. The Labute approximate surface area is 182 Å². The summed E-state index contributed by atoms with van der Waals surface area (Å²) in [5.74, 6) is 0.606. The van der Waals surface area contributed by atoms with E-state index in [1.54, 1.807) is 16.5 Å². The lowest BCUT2D eigenvalue weighted by Crippen LogP contribution is -2.30. The molecular formula is C22H19N7OS. The molecule has 9 heteroatoms. The zero-order valence-electron chi connectivity index (χ0n) is 16.7. The van der Waals surface area contributed by atoms with Crippen LogP contribution in [0.5, 0.6) is 0 Å². The minimum atomic E-state index is -0.144. The van der Waals surface area contributed by atoms with E-state index in [0.717, 1.165) is 28.0 Å². The standard InChI is InChI=1S/C22H19N7OS/c1-15(16-6-8-17(9-7-16)29-13-23-12-25-29)26-21(30)10-28-20-5-3-2-4-18(20)27-22(28)19-11-31-14-24-19/h2-9,11-15H,10H2,1H3,(H,26,30)/t15-/m1/s1. The topological polar surface area (TPSA) is 90.5 Å². The van der Waals surface area contributed by atoms with Gasteiger partial charge in [0, 0.05) is 5.38 Å². The number of rotatable bonds is 6. The minimum absolute atomic E-state index is 0.0903. The predicted octanol–water partition coefficient (Wildman–Crippen LogP) is 3.62. The summed E-state index contributed by atoms with van der Waals surface area (Å²) < 4.78 is 3.61. The van der Waals surface area contributed by atoms with E-state index in [2.05, 4.69) is 20.4 Å². The molecule has 2 aromatic carbocycles. The van der Waals surface area contributed by atoms with Crippen molar-refractivity contribution in [2.24, 2.45) is 0 Å². The van der Waals surface area contributed by atoms with Crippen molar-refractivity contribution in [3.63, 3.8) is 0 Å². The SMILES string of the molecule is C[C@@H](NC(=O)Cn1c(-c2cscn2)nc2ccccc21)c1ccc(-n2cncn2)cc1. The first-order valence-electron chi connectivity index (χ1n) is 9.77. The highest BCUT2D eigenvalue weighted by Gasteiger charge is 2.17. The van der Waals surface area contributed by atoms with Crippen molar-refractivity contribution in [3.8, 4) is 17.2 Å². The fourth-order valence-corrected chi connectivity index (χ4v) is 4.06. The van der Waals surface area contributed by atoms with Crippen LogP contribution in [0, 0.1) is 0 Å². The Kier molecular flexibility index (Phi) is 5.01. The first kappa shape index (κ1) is 19.1. The highest BCUT2D eigenvalue weighted by molar-refractivity contribution is 7.07. The second-order valence-electron chi connectivity index (χ2n) is 7.10. The number of hydrogen-bond donors (Lipinski definition) is 1. The van der Waals surface area contributed by atoms with E-state index >= 15 is 0 Å². The first-order valence-corrected chi connectivity index (χ1v) is 10.7. The summed E-state index contributed by atoms with van der Waals surface area (Å²) in [7, 11) is 0. The van der Waals surface area contributed by atoms with Crippen LogP contribution >= 0.6 is 11.3 Å². The molecule has 0 saturated carbocycles. The number of para-hydroxylation sites is 2. The molecule has 0 fully saturated rings. The number of fused-ring (bicyclic) bond motifs is 1. The summed E-state index contributed by atoms with van der Waals surface area (Å²) >= 11 is 1.50. The molecular weight excluding hydrogens is 410 g/mol. The molecule has 3 aromatic heterocycles. The third-order valence-corrected chi connectivity index (χ3v) is 5.66. The number of nitrogens with zero attached hydrogens (tertiary/aromatic N) is 6. The van der Waals surface area contributed by atoms with E-state index in [-0.39, 0.29) is 18.5 Å². The van der Waals surface area contributed by atoms with E-state index in [1.165, 1.54) is 17.7 Å². The fourth-order valence-electron chi connectivity index (χ4n) is 3.53. The summed E-state index contributed by atoms with van der Waals surface area (Å²) in [6.45, 7) is 2.13. The summed E-state index contributed by atoms with van der Waals surface area (Å²) in [5, 5.41) is 9.15. The van der Waals surface area contributed by atoms with Crippen LogP contribution in [0.25, 0.3) is 28.2 Å². The Hall–Kier alpha value is -3.85. The van der Waals surface area contributed by atoms with E-state index < -0.39 is 0 Å². The minimum Gasteiger partial charge on any atom is -0.348 e. The van der Waals surface area contributed by atoms with Crippen molar-refractivity contribution in [3.05, 3.63) is 77.6 Å². The lowest BCUT2D eigenvalue weighted by molar-refractivity contribution is -0.122. The number of amides is 1. The van der Waals surface area contributed by atoms with Crippen LogP contribution in [-0.2, 0) is 11.3 Å². The van der Waals surface area contributed by atoms with E-state index in [9.17, 15) is 4.79 Å². The van der Waals surface area contributed by atoms with Crippen LogP contribution in [0.4, 0.5) is 0 Å². The maximum Gasteiger partial charge on any atom is 0.240 e. The van der Waals surface area contributed by atoms with Crippen LogP contribution < -0.4 is 5.32 Å². The van der Waals surface area contributed by atoms with Crippen LogP contribution in [0.15, 0.2) is 72.1 Å². The van der Waals surface area contributed by atoms with Crippen molar-refractivity contribution in [1.29, 1.82) is 0 Å². The van der Waals surface area contributed by atoms with Crippen LogP contribution in [0.1, 0.15) is 18.5 Å². The molecule has 31 heavy (non-hydrogen) atoms. The van der Waals surface area contributed by atoms with E-state index in [1.807, 2.05) is 65.4 Å². The van der Waals surface area contributed by atoms with Crippen molar-refractivity contribution in [2.45, 2.75) is 19.5 Å². The predicted molar refractivity (Wildman–Crippen MR) is 119 cm³/mol. The molecule has 1 amide bonds. The van der Waals surface area contributed by atoms with Crippen molar-refractivity contribution in [1.82, 2.24) is 34.6 Å². The average molecular weight is 430 g/mol. The van der Waals surface area contributed by atoms with Crippen molar-refractivity contribution >= 4 is 28.3 Å². The second-order valence-corrected chi connectivity index (χ2v) is 7.82. The van der Waals surface area contributed by atoms with Gasteiger partial charge in [-0.25, -0.2) is 19.6 Å². The molecule has 0 aliphatic rings. The molecule has 0 spiro atoms. The number of imidazole rings is 1. The number of carbonyl (C=O) groups excluding carboxylic acids is 1. The van der Waals surface area contributed by atoms with Gasteiger partial charge in [0.2, 0.25) is 5.91 Å². The zero-order valence-corrected chi connectivity index (χ0v) is 17.5. The Morgan fingerprint density at radius 2 is 2.00 bits per heavy atom. The van der Waals surface area contributed by atoms with Gasteiger partial charge in [0.1, 0.15) is 24.9 Å². The molecule has 3 heterocycles. The maximum absolute atomic E-state index is 12.9. The van der Waals surface area contributed by atoms with Gasteiger partial charge in [-0.05, 0) is 36.8 Å². The molecule has 1 atom stereocenters. The molecule has 5 aromatic rings. The monoisotopic (exact) mass is 429 g/mol. The Balaban J connectivity index is 1.35. The van der Waals surface area contributed by atoms with E-state index in [4.69, 9.17) is 4.98 Å². The molecule has 0 unspecified atom stereocenters. The summed E-state index contributed by atoms with van der Waals surface area (Å²) in [4.78, 5) is 25.9. The Morgan fingerprint density at radius 1 is 1.16 bits per heavy atom. The average Bonchev–Trinajstić information content (AvgIpc) is 3.55. The number of aromatic nitrogens is 6. The fraction of sp³-hybridized carbons (Fsp3) is 0.136. The number of carbonyl (C=O) groups is 1. The quantitative estimate of drug-likeness (QED) is 0.445.